The third-order valence-electron chi connectivity index (χ3n) is 5.32. The van der Waals surface area contributed by atoms with Crippen LogP contribution in [0.15, 0.2) is 30.7 Å². The van der Waals surface area contributed by atoms with Crippen molar-refractivity contribution in [3.63, 3.8) is 0 Å². The van der Waals surface area contributed by atoms with Crippen molar-refractivity contribution in [1.82, 2.24) is 24.6 Å². The SMILES string of the molecule is CN(C)c1nccc(N2CCN(c3nccn4nc(C5CC5)cc34)CC2)n1. The maximum atomic E-state index is 4.74. The third-order valence-corrected chi connectivity index (χ3v) is 5.32. The highest BCUT2D eigenvalue weighted by atomic mass is 15.3. The molecular weight excluding hydrogens is 340 g/mol. The lowest BCUT2D eigenvalue weighted by molar-refractivity contribution is 0.641. The normalized spacial score (nSPS) is 17.6. The molecule has 2 fully saturated rings. The topological polar surface area (TPSA) is 65.7 Å². The molecular formula is C19H24N8. The van der Waals surface area contributed by atoms with Gasteiger partial charge in [0, 0.05) is 64.8 Å². The van der Waals surface area contributed by atoms with Crippen molar-refractivity contribution >= 4 is 23.1 Å². The summed E-state index contributed by atoms with van der Waals surface area (Å²) in [5.41, 5.74) is 2.32. The van der Waals surface area contributed by atoms with Crippen molar-refractivity contribution in [2.75, 3.05) is 55.0 Å². The van der Waals surface area contributed by atoms with Gasteiger partial charge in [-0.05, 0) is 25.0 Å². The Bertz CT molecular complexity index is 953. The van der Waals surface area contributed by atoms with Crippen molar-refractivity contribution < 1.29 is 0 Å². The summed E-state index contributed by atoms with van der Waals surface area (Å²) in [6.45, 7) is 3.66. The Hall–Kier alpha value is -2.90. The first-order chi connectivity index (χ1) is 13.2. The van der Waals surface area contributed by atoms with Crippen LogP contribution in [-0.4, -0.2) is 64.8 Å². The van der Waals surface area contributed by atoms with E-state index in [4.69, 9.17) is 5.10 Å². The molecule has 1 aliphatic heterocycles. The van der Waals surface area contributed by atoms with Crippen LogP contribution < -0.4 is 14.7 Å². The van der Waals surface area contributed by atoms with Crippen LogP contribution in [0.3, 0.4) is 0 Å². The highest BCUT2D eigenvalue weighted by Crippen LogP contribution is 2.40. The Morgan fingerprint density at radius 2 is 1.78 bits per heavy atom. The Morgan fingerprint density at radius 3 is 2.52 bits per heavy atom. The Balaban J connectivity index is 1.35. The molecule has 3 aromatic heterocycles. The number of hydrogen-bond acceptors (Lipinski definition) is 7. The van der Waals surface area contributed by atoms with E-state index in [-0.39, 0.29) is 0 Å². The smallest absolute Gasteiger partial charge is 0.226 e. The molecule has 3 aromatic rings. The van der Waals surface area contributed by atoms with Crippen LogP contribution in [0.5, 0.6) is 0 Å². The highest BCUT2D eigenvalue weighted by molar-refractivity contribution is 5.70. The Morgan fingerprint density at radius 1 is 1.00 bits per heavy atom. The van der Waals surface area contributed by atoms with Crippen molar-refractivity contribution in [3.05, 3.63) is 36.4 Å². The van der Waals surface area contributed by atoms with Gasteiger partial charge in [-0.1, -0.05) is 0 Å². The van der Waals surface area contributed by atoms with Crippen LogP contribution in [0.1, 0.15) is 24.5 Å². The molecule has 8 nitrogen and oxygen atoms in total. The highest BCUT2D eigenvalue weighted by Gasteiger charge is 2.28. The van der Waals surface area contributed by atoms with Gasteiger partial charge in [-0.2, -0.15) is 10.1 Å². The van der Waals surface area contributed by atoms with E-state index in [2.05, 4.69) is 30.8 Å². The average molecular weight is 364 g/mol. The Kier molecular flexibility index (Phi) is 3.84. The van der Waals surface area contributed by atoms with E-state index in [1.54, 1.807) is 0 Å². The van der Waals surface area contributed by atoms with Crippen LogP contribution in [0.2, 0.25) is 0 Å². The first kappa shape index (κ1) is 16.3. The zero-order valence-electron chi connectivity index (χ0n) is 15.8. The zero-order valence-corrected chi connectivity index (χ0v) is 15.8. The second-order valence-corrected chi connectivity index (χ2v) is 7.51. The molecule has 4 heterocycles. The molecule has 140 valence electrons. The summed E-state index contributed by atoms with van der Waals surface area (Å²) in [4.78, 5) is 20.3. The molecule has 8 heteroatoms. The zero-order chi connectivity index (χ0) is 18.4. The second-order valence-electron chi connectivity index (χ2n) is 7.51. The lowest BCUT2D eigenvalue weighted by Crippen LogP contribution is -2.47. The predicted octanol–water partition coefficient (Wildman–Crippen LogP) is 1.79. The van der Waals surface area contributed by atoms with Gasteiger partial charge in [0.15, 0.2) is 5.82 Å². The second kappa shape index (κ2) is 6.37. The molecule has 0 radical (unpaired) electrons. The van der Waals surface area contributed by atoms with Crippen LogP contribution in [0, 0.1) is 0 Å². The van der Waals surface area contributed by atoms with E-state index in [0.29, 0.717) is 5.92 Å². The number of aromatic nitrogens is 5. The number of piperazine rings is 1. The summed E-state index contributed by atoms with van der Waals surface area (Å²) in [6, 6.07) is 4.21. The summed E-state index contributed by atoms with van der Waals surface area (Å²) in [5, 5.41) is 4.74. The lowest BCUT2D eigenvalue weighted by Gasteiger charge is -2.36. The maximum Gasteiger partial charge on any atom is 0.226 e. The average Bonchev–Trinajstić information content (AvgIpc) is 3.46. The van der Waals surface area contributed by atoms with Gasteiger partial charge in [0.05, 0.1) is 5.69 Å². The van der Waals surface area contributed by atoms with Crippen molar-refractivity contribution in [2.24, 2.45) is 0 Å². The monoisotopic (exact) mass is 364 g/mol. The van der Waals surface area contributed by atoms with Gasteiger partial charge >= 0.3 is 0 Å². The summed E-state index contributed by atoms with van der Waals surface area (Å²) < 4.78 is 1.98. The maximum absolute atomic E-state index is 4.74. The fourth-order valence-corrected chi connectivity index (χ4v) is 3.63. The van der Waals surface area contributed by atoms with E-state index in [0.717, 1.165) is 49.3 Å². The molecule has 0 atom stereocenters. The molecule has 1 aliphatic carbocycles. The molecule has 0 N–H and O–H groups in total. The van der Waals surface area contributed by atoms with Crippen molar-refractivity contribution in [2.45, 2.75) is 18.8 Å². The Labute approximate surface area is 158 Å². The minimum atomic E-state index is 0.651. The standard InChI is InChI=1S/C19H24N8/c1-24(2)19-21-6-5-17(22-19)25-9-11-26(12-10-25)18-16-13-15(14-3-4-14)23-27(16)8-7-20-18/h5-8,13-14H,3-4,9-12H2,1-2H3. The number of fused-ring (bicyclic) bond motifs is 1. The minimum Gasteiger partial charge on any atom is -0.353 e. The van der Waals surface area contributed by atoms with Gasteiger partial charge in [-0.15, -0.1) is 0 Å². The van der Waals surface area contributed by atoms with E-state index in [1.165, 1.54) is 18.5 Å². The molecule has 5 rings (SSSR count). The van der Waals surface area contributed by atoms with E-state index >= 15 is 0 Å². The van der Waals surface area contributed by atoms with Crippen molar-refractivity contribution in [1.29, 1.82) is 0 Å². The fourth-order valence-electron chi connectivity index (χ4n) is 3.63. The summed E-state index contributed by atoms with van der Waals surface area (Å²) in [7, 11) is 3.93. The quantitative estimate of drug-likeness (QED) is 0.699. The van der Waals surface area contributed by atoms with Crippen LogP contribution in [0.25, 0.3) is 5.52 Å². The molecule has 1 saturated heterocycles. The summed E-state index contributed by atoms with van der Waals surface area (Å²) >= 11 is 0. The van der Waals surface area contributed by atoms with Gasteiger partial charge in [-0.25, -0.2) is 14.5 Å². The number of nitrogens with zero attached hydrogens (tertiary/aromatic N) is 8. The van der Waals surface area contributed by atoms with E-state index < -0.39 is 0 Å². The molecule has 0 unspecified atom stereocenters. The van der Waals surface area contributed by atoms with Crippen LogP contribution >= 0.6 is 0 Å². The largest absolute Gasteiger partial charge is 0.353 e. The third kappa shape index (κ3) is 3.05. The molecule has 0 bridgehead atoms. The first-order valence-electron chi connectivity index (χ1n) is 9.53. The predicted molar refractivity (Wildman–Crippen MR) is 106 cm³/mol. The fraction of sp³-hybridized carbons (Fsp3) is 0.474. The van der Waals surface area contributed by atoms with Crippen LogP contribution in [0.4, 0.5) is 17.6 Å². The van der Waals surface area contributed by atoms with E-state index in [1.807, 2.05) is 48.2 Å². The molecule has 1 saturated carbocycles. The first-order valence-corrected chi connectivity index (χ1v) is 9.53. The van der Waals surface area contributed by atoms with E-state index in [9.17, 15) is 0 Å². The molecule has 2 aliphatic rings. The van der Waals surface area contributed by atoms with Gasteiger partial charge in [-0.3, -0.25) is 0 Å². The number of rotatable bonds is 4. The molecule has 0 amide bonds. The van der Waals surface area contributed by atoms with Gasteiger partial charge < -0.3 is 14.7 Å². The van der Waals surface area contributed by atoms with Crippen LogP contribution in [-0.2, 0) is 0 Å². The number of hydrogen-bond donors (Lipinski definition) is 0. The minimum absolute atomic E-state index is 0.651. The summed E-state index contributed by atoms with van der Waals surface area (Å²) in [6.07, 6.45) is 8.16. The summed E-state index contributed by atoms with van der Waals surface area (Å²) in [5.74, 6) is 3.42. The lowest BCUT2D eigenvalue weighted by atomic mass is 10.2. The van der Waals surface area contributed by atoms with Gasteiger partial charge in [0.2, 0.25) is 5.95 Å². The number of anilines is 3. The molecule has 0 spiro atoms. The molecule has 0 aromatic carbocycles. The van der Waals surface area contributed by atoms with Gasteiger partial charge in [0.25, 0.3) is 0 Å². The molecule has 27 heavy (non-hydrogen) atoms. The van der Waals surface area contributed by atoms with Gasteiger partial charge in [0.1, 0.15) is 11.3 Å². The van der Waals surface area contributed by atoms with Crippen molar-refractivity contribution in [3.8, 4) is 0 Å².